The van der Waals surface area contributed by atoms with Crippen LogP contribution in [-0.2, 0) is 14.3 Å². The van der Waals surface area contributed by atoms with E-state index in [9.17, 15) is 14.4 Å². The minimum atomic E-state index is -0.602. The maximum atomic E-state index is 12.6. The fourth-order valence-corrected chi connectivity index (χ4v) is 3.99. The van der Waals surface area contributed by atoms with Gasteiger partial charge < -0.3 is 14.2 Å². The monoisotopic (exact) mass is 519 g/mol. The van der Waals surface area contributed by atoms with Crippen LogP contribution in [0.5, 0.6) is 11.5 Å². The average Bonchev–Trinajstić information content (AvgIpc) is 2.90. The molecule has 1 atom stereocenters. The molecule has 1 aliphatic heterocycles. The number of hydrogen-bond donors (Lipinski definition) is 0. The van der Waals surface area contributed by atoms with Crippen LogP contribution in [0.1, 0.15) is 32.8 Å². The van der Waals surface area contributed by atoms with Crippen LogP contribution in [0.25, 0.3) is 6.08 Å². The second-order valence-corrected chi connectivity index (χ2v) is 8.10. The van der Waals surface area contributed by atoms with E-state index in [0.717, 1.165) is 20.2 Å². The van der Waals surface area contributed by atoms with E-state index in [1.54, 1.807) is 19.1 Å². The number of ether oxygens (including phenoxy) is 3. The van der Waals surface area contributed by atoms with Crippen molar-refractivity contribution in [1.82, 2.24) is 4.90 Å². The molecule has 152 valence electrons. The zero-order chi connectivity index (χ0) is 20.8. The number of benzene rings is 1. The summed E-state index contributed by atoms with van der Waals surface area (Å²) < 4.78 is 16.9. The van der Waals surface area contributed by atoms with Gasteiger partial charge in [-0.3, -0.25) is 19.3 Å². The highest BCUT2D eigenvalue weighted by Gasteiger charge is 2.37. The Hall–Kier alpha value is -1.75. The fourth-order valence-electron chi connectivity index (χ4n) is 2.37. The van der Waals surface area contributed by atoms with Crippen molar-refractivity contribution in [3.05, 3.63) is 26.2 Å². The molecule has 0 N–H and O–H groups in total. The number of esters is 1. The largest absolute Gasteiger partial charge is 0.493 e. The van der Waals surface area contributed by atoms with E-state index in [-0.39, 0.29) is 11.0 Å². The number of imide groups is 1. The SMILES string of the molecule is CCOc1c(I)cc(/C=C2/SC(=O)N(CC(=O)O[C@H](C)CC)C2=O)cc1OC. The number of carbonyl (C=O) groups excluding carboxylic acids is 3. The van der Waals surface area contributed by atoms with Gasteiger partial charge in [0, 0.05) is 0 Å². The first-order valence-corrected chi connectivity index (χ1v) is 10.6. The highest BCUT2D eigenvalue weighted by molar-refractivity contribution is 14.1. The van der Waals surface area contributed by atoms with Crippen LogP contribution in [0.15, 0.2) is 17.0 Å². The second-order valence-electron chi connectivity index (χ2n) is 5.94. The zero-order valence-electron chi connectivity index (χ0n) is 16.1. The molecule has 0 aromatic heterocycles. The predicted molar refractivity (Wildman–Crippen MR) is 115 cm³/mol. The van der Waals surface area contributed by atoms with Crippen LogP contribution in [0.2, 0.25) is 0 Å². The number of halogens is 1. The van der Waals surface area contributed by atoms with Crippen LogP contribution in [-0.4, -0.2) is 48.4 Å². The van der Waals surface area contributed by atoms with Gasteiger partial charge in [0.2, 0.25) is 0 Å². The van der Waals surface area contributed by atoms with Crippen molar-refractivity contribution >= 4 is 57.5 Å². The molecule has 0 saturated carbocycles. The highest BCUT2D eigenvalue weighted by atomic mass is 127. The van der Waals surface area contributed by atoms with Gasteiger partial charge in [0.15, 0.2) is 11.5 Å². The summed E-state index contributed by atoms with van der Waals surface area (Å²) in [7, 11) is 1.54. The van der Waals surface area contributed by atoms with Crippen molar-refractivity contribution in [1.29, 1.82) is 0 Å². The molecule has 1 aliphatic rings. The predicted octanol–water partition coefficient (Wildman–Crippen LogP) is 4.08. The minimum absolute atomic E-state index is 0.239. The standard InChI is InChI=1S/C19H22INO6S/c1-5-11(3)27-16(22)10-21-18(23)15(28-19(21)24)9-12-7-13(20)17(26-6-2)14(8-12)25-4/h7-9,11H,5-6,10H2,1-4H3/b15-9+/t11-/m1/s1. The Kier molecular flexibility index (Phi) is 8.17. The van der Waals surface area contributed by atoms with Crippen LogP contribution in [0, 0.1) is 3.57 Å². The maximum absolute atomic E-state index is 12.6. The lowest BCUT2D eigenvalue weighted by atomic mass is 10.2. The average molecular weight is 519 g/mol. The lowest BCUT2D eigenvalue weighted by Gasteiger charge is -2.15. The first-order valence-electron chi connectivity index (χ1n) is 8.75. The van der Waals surface area contributed by atoms with Gasteiger partial charge in [0.25, 0.3) is 11.1 Å². The van der Waals surface area contributed by atoms with Crippen molar-refractivity contribution in [2.45, 2.75) is 33.3 Å². The summed E-state index contributed by atoms with van der Waals surface area (Å²) in [6, 6.07) is 3.57. The molecule has 0 spiro atoms. The molecule has 1 heterocycles. The lowest BCUT2D eigenvalue weighted by Crippen LogP contribution is -2.35. The summed E-state index contributed by atoms with van der Waals surface area (Å²) in [6.45, 7) is 5.62. The normalized spacial score (nSPS) is 16.5. The Balaban J connectivity index is 2.21. The van der Waals surface area contributed by atoms with Crippen molar-refractivity contribution in [2.75, 3.05) is 20.3 Å². The van der Waals surface area contributed by atoms with Crippen LogP contribution in [0.3, 0.4) is 0 Å². The van der Waals surface area contributed by atoms with Gasteiger partial charge in [0.1, 0.15) is 6.54 Å². The molecule has 28 heavy (non-hydrogen) atoms. The molecular formula is C19H22INO6S. The van der Waals surface area contributed by atoms with E-state index in [2.05, 4.69) is 22.6 Å². The van der Waals surface area contributed by atoms with Crippen molar-refractivity contribution in [3.63, 3.8) is 0 Å². The molecule has 1 aromatic carbocycles. The number of carbonyl (C=O) groups is 3. The van der Waals surface area contributed by atoms with Crippen LogP contribution >= 0.6 is 34.4 Å². The number of methoxy groups -OCH3 is 1. The third kappa shape index (κ3) is 5.40. The smallest absolute Gasteiger partial charge is 0.326 e. The van der Waals surface area contributed by atoms with Gasteiger partial charge in [-0.2, -0.15) is 0 Å². The Morgan fingerprint density at radius 3 is 2.64 bits per heavy atom. The quantitative estimate of drug-likeness (QED) is 0.291. The molecule has 0 radical (unpaired) electrons. The number of nitrogens with zero attached hydrogens (tertiary/aromatic N) is 1. The first-order chi connectivity index (χ1) is 13.3. The van der Waals surface area contributed by atoms with E-state index in [1.165, 1.54) is 7.11 Å². The first kappa shape index (κ1) is 22.5. The molecule has 1 fully saturated rings. The number of rotatable bonds is 8. The van der Waals surface area contributed by atoms with Crippen molar-refractivity contribution < 1.29 is 28.6 Å². The van der Waals surface area contributed by atoms with E-state index >= 15 is 0 Å². The van der Waals surface area contributed by atoms with E-state index in [1.807, 2.05) is 19.9 Å². The Morgan fingerprint density at radius 1 is 1.32 bits per heavy atom. The van der Waals surface area contributed by atoms with Gasteiger partial charge in [-0.1, -0.05) is 6.92 Å². The van der Waals surface area contributed by atoms with Gasteiger partial charge in [0.05, 0.1) is 28.3 Å². The molecule has 0 bridgehead atoms. The number of thioether (sulfide) groups is 1. The van der Waals surface area contributed by atoms with E-state index in [0.29, 0.717) is 30.1 Å². The number of hydrogen-bond acceptors (Lipinski definition) is 7. The van der Waals surface area contributed by atoms with Gasteiger partial charge in [-0.15, -0.1) is 0 Å². The second kappa shape index (κ2) is 10.1. The summed E-state index contributed by atoms with van der Waals surface area (Å²) in [4.78, 5) is 37.8. The summed E-state index contributed by atoms with van der Waals surface area (Å²) in [5.41, 5.74) is 0.692. The molecule has 2 amide bonds. The summed E-state index contributed by atoms with van der Waals surface area (Å²) in [6.07, 6.45) is 2.00. The molecule has 1 aromatic rings. The van der Waals surface area contributed by atoms with E-state index < -0.39 is 23.7 Å². The summed E-state index contributed by atoms with van der Waals surface area (Å²) in [5.74, 6) is 0.0501. The molecule has 9 heteroatoms. The highest BCUT2D eigenvalue weighted by Crippen LogP contribution is 2.37. The Morgan fingerprint density at radius 2 is 2.04 bits per heavy atom. The molecule has 0 unspecified atom stereocenters. The summed E-state index contributed by atoms with van der Waals surface area (Å²) >= 11 is 2.92. The number of amides is 2. The minimum Gasteiger partial charge on any atom is -0.493 e. The lowest BCUT2D eigenvalue weighted by molar-refractivity contribution is -0.150. The third-order valence-corrected chi connectivity index (χ3v) is 5.62. The third-order valence-electron chi connectivity index (χ3n) is 3.91. The topological polar surface area (TPSA) is 82.1 Å². The molecule has 0 aliphatic carbocycles. The maximum Gasteiger partial charge on any atom is 0.326 e. The molecule has 2 rings (SSSR count). The van der Waals surface area contributed by atoms with Crippen LogP contribution in [0.4, 0.5) is 4.79 Å². The van der Waals surface area contributed by atoms with E-state index in [4.69, 9.17) is 14.2 Å². The fraction of sp³-hybridized carbons (Fsp3) is 0.421. The van der Waals surface area contributed by atoms with Gasteiger partial charge in [-0.05, 0) is 78.4 Å². The Bertz CT molecular complexity index is 810. The summed E-state index contributed by atoms with van der Waals surface area (Å²) in [5, 5.41) is -0.495. The van der Waals surface area contributed by atoms with Crippen LogP contribution < -0.4 is 9.47 Å². The van der Waals surface area contributed by atoms with Crippen molar-refractivity contribution in [2.24, 2.45) is 0 Å². The van der Waals surface area contributed by atoms with Crippen molar-refractivity contribution in [3.8, 4) is 11.5 Å². The van der Waals surface area contributed by atoms with Gasteiger partial charge in [-0.25, -0.2) is 0 Å². The molecule has 1 saturated heterocycles. The Labute approximate surface area is 181 Å². The molecular weight excluding hydrogens is 497 g/mol. The molecule has 7 nitrogen and oxygen atoms in total. The van der Waals surface area contributed by atoms with Gasteiger partial charge >= 0.3 is 5.97 Å². The zero-order valence-corrected chi connectivity index (χ0v) is 19.1.